The third kappa shape index (κ3) is 6.16. The number of carbonyl (C=O) groups is 2. The fraction of sp³-hybridized carbons (Fsp3) is 0.167. The number of hydrogen-bond acceptors (Lipinski definition) is 5. The van der Waals surface area contributed by atoms with Crippen molar-refractivity contribution < 1.29 is 14.5 Å². The number of nitro groups is 1. The molecule has 134 valence electrons. The minimum Gasteiger partial charge on any atom is -0.352 e. The lowest BCUT2D eigenvalue weighted by Crippen LogP contribution is -2.25. The van der Waals surface area contributed by atoms with Gasteiger partial charge in [-0.1, -0.05) is 42.5 Å². The first-order valence-electron chi connectivity index (χ1n) is 7.92. The predicted octanol–water partition coefficient (Wildman–Crippen LogP) is 2.14. The highest BCUT2D eigenvalue weighted by atomic mass is 16.6. The fourth-order valence-corrected chi connectivity index (χ4v) is 2.10. The average molecular weight is 354 g/mol. The SMILES string of the molecule is O=C(CCC(=O)NN=Cc1ccccc1[N+](=O)[O-])NCc1ccccc1. The zero-order chi connectivity index (χ0) is 18.8. The van der Waals surface area contributed by atoms with E-state index in [4.69, 9.17) is 0 Å². The molecule has 8 heteroatoms. The summed E-state index contributed by atoms with van der Waals surface area (Å²) in [6.45, 7) is 0.400. The molecule has 0 bridgehead atoms. The van der Waals surface area contributed by atoms with Crippen LogP contribution in [0.25, 0.3) is 0 Å². The number of carbonyl (C=O) groups excluding carboxylic acids is 2. The van der Waals surface area contributed by atoms with Crippen molar-refractivity contribution >= 4 is 23.7 Å². The summed E-state index contributed by atoms with van der Waals surface area (Å²) < 4.78 is 0. The molecule has 2 rings (SSSR count). The second-order valence-electron chi connectivity index (χ2n) is 5.37. The molecule has 0 saturated heterocycles. The summed E-state index contributed by atoms with van der Waals surface area (Å²) in [6, 6.07) is 15.5. The Hall–Kier alpha value is -3.55. The van der Waals surface area contributed by atoms with Crippen molar-refractivity contribution in [2.24, 2.45) is 5.10 Å². The van der Waals surface area contributed by atoms with E-state index in [1.807, 2.05) is 30.3 Å². The summed E-state index contributed by atoms with van der Waals surface area (Å²) >= 11 is 0. The van der Waals surface area contributed by atoms with E-state index in [-0.39, 0.29) is 30.0 Å². The molecule has 0 heterocycles. The highest BCUT2D eigenvalue weighted by Gasteiger charge is 2.10. The van der Waals surface area contributed by atoms with E-state index in [0.717, 1.165) is 5.56 Å². The van der Waals surface area contributed by atoms with Crippen LogP contribution in [0.5, 0.6) is 0 Å². The molecule has 0 unspecified atom stereocenters. The fourth-order valence-electron chi connectivity index (χ4n) is 2.10. The number of para-hydroxylation sites is 1. The molecule has 0 aromatic heterocycles. The van der Waals surface area contributed by atoms with Crippen LogP contribution in [-0.2, 0) is 16.1 Å². The van der Waals surface area contributed by atoms with E-state index in [0.29, 0.717) is 6.54 Å². The van der Waals surface area contributed by atoms with Crippen molar-refractivity contribution in [3.8, 4) is 0 Å². The summed E-state index contributed by atoms with van der Waals surface area (Å²) in [5, 5.41) is 17.3. The van der Waals surface area contributed by atoms with Gasteiger partial charge in [0, 0.05) is 25.5 Å². The summed E-state index contributed by atoms with van der Waals surface area (Å²) in [5.41, 5.74) is 3.40. The Morgan fingerprint density at radius 1 is 1.00 bits per heavy atom. The number of hydrazone groups is 1. The molecule has 2 aromatic rings. The van der Waals surface area contributed by atoms with Gasteiger partial charge in [0.2, 0.25) is 11.8 Å². The molecule has 0 spiro atoms. The molecule has 0 radical (unpaired) electrons. The Balaban J connectivity index is 1.73. The van der Waals surface area contributed by atoms with Gasteiger partial charge in [-0.25, -0.2) is 5.43 Å². The van der Waals surface area contributed by atoms with Crippen molar-refractivity contribution in [2.45, 2.75) is 19.4 Å². The van der Waals surface area contributed by atoms with E-state index in [1.165, 1.54) is 18.3 Å². The molecule has 0 atom stereocenters. The molecule has 0 fully saturated rings. The lowest BCUT2D eigenvalue weighted by Gasteiger charge is -2.04. The lowest BCUT2D eigenvalue weighted by atomic mass is 10.2. The summed E-state index contributed by atoms with van der Waals surface area (Å²) in [7, 11) is 0. The lowest BCUT2D eigenvalue weighted by molar-refractivity contribution is -0.385. The standard InChI is InChI=1S/C18H18N4O4/c23-17(19-12-14-6-2-1-3-7-14)10-11-18(24)21-20-13-15-8-4-5-9-16(15)22(25)26/h1-9,13H,10-12H2,(H,19,23)(H,21,24). The van der Waals surface area contributed by atoms with Gasteiger partial charge in [0.15, 0.2) is 0 Å². The highest BCUT2D eigenvalue weighted by Crippen LogP contribution is 2.14. The molecule has 26 heavy (non-hydrogen) atoms. The first kappa shape index (κ1) is 18.8. The molecule has 0 aliphatic heterocycles. The number of rotatable bonds is 8. The molecular formula is C18H18N4O4. The Labute approximate surface area is 150 Å². The van der Waals surface area contributed by atoms with Gasteiger partial charge in [-0.15, -0.1) is 0 Å². The van der Waals surface area contributed by atoms with Gasteiger partial charge >= 0.3 is 0 Å². The number of nitro benzene ring substituents is 1. The maximum absolute atomic E-state index is 11.7. The number of hydrogen-bond donors (Lipinski definition) is 2. The van der Waals surface area contributed by atoms with Gasteiger partial charge in [0.1, 0.15) is 0 Å². The zero-order valence-electron chi connectivity index (χ0n) is 13.9. The minimum absolute atomic E-state index is 0.0275. The van der Waals surface area contributed by atoms with Crippen LogP contribution in [0.15, 0.2) is 59.7 Å². The number of nitrogens with one attached hydrogen (secondary N) is 2. The van der Waals surface area contributed by atoms with E-state index >= 15 is 0 Å². The zero-order valence-corrected chi connectivity index (χ0v) is 13.9. The van der Waals surface area contributed by atoms with Gasteiger partial charge in [-0.3, -0.25) is 19.7 Å². The maximum atomic E-state index is 11.7. The smallest absolute Gasteiger partial charge is 0.278 e. The van der Waals surface area contributed by atoms with Crippen molar-refractivity contribution in [1.29, 1.82) is 0 Å². The van der Waals surface area contributed by atoms with Crippen LogP contribution < -0.4 is 10.7 Å². The van der Waals surface area contributed by atoms with Crippen LogP contribution in [0.4, 0.5) is 5.69 Å². The molecule has 0 aliphatic carbocycles. The molecule has 2 N–H and O–H groups in total. The Kier molecular flexibility index (Phi) is 6.99. The van der Waals surface area contributed by atoms with Gasteiger partial charge in [0.05, 0.1) is 16.7 Å². The Morgan fingerprint density at radius 2 is 1.65 bits per heavy atom. The third-order valence-corrected chi connectivity index (χ3v) is 3.44. The number of nitrogens with zero attached hydrogens (tertiary/aromatic N) is 2. The van der Waals surface area contributed by atoms with Crippen molar-refractivity contribution in [3.05, 3.63) is 75.8 Å². The number of amides is 2. The number of benzene rings is 2. The first-order valence-corrected chi connectivity index (χ1v) is 7.92. The van der Waals surface area contributed by atoms with E-state index in [9.17, 15) is 19.7 Å². The van der Waals surface area contributed by atoms with E-state index in [2.05, 4.69) is 15.8 Å². The molecule has 0 saturated carbocycles. The Bertz CT molecular complexity index is 806. The predicted molar refractivity (Wildman–Crippen MR) is 96.4 cm³/mol. The second-order valence-corrected chi connectivity index (χ2v) is 5.37. The van der Waals surface area contributed by atoms with Crippen LogP contribution >= 0.6 is 0 Å². The normalized spacial score (nSPS) is 10.5. The van der Waals surface area contributed by atoms with E-state index < -0.39 is 10.8 Å². The average Bonchev–Trinajstić information content (AvgIpc) is 2.66. The van der Waals surface area contributed by atoms with E-state index in [1.54, 1.807) is 12.1 Å². The largest absolute Gasteiger partial charge is 0.352 e. The van der Waals surface area contributed by atoms with Gasteiger partial charge < -0.3 is 5.32 Å². The minimum atomic E-state index is -0.528. The van der Waals surface area contributed by atoms with Crippen LogP contribution in [0.3, 0.4) is 0 Å². The van der Waals surface area contributed by atoms with Gasteiger partial charge in [-0.05, 0) is 11.6 Å². The summed E-state index contributed by atoms with van der Waals surface area (Å²) in [6.07, 6.45) is 1.19. The van der Waals surface area contributed by atoms with Crippen molar-refractivity contribution in [2.75, 3.05) is 0 Å². The van der Waals surface area contributed by atoms with Gasteiger partial charge in [0.25, 0.3) is 5.69 Å². The molecule has 2 aromatic carbocycles. The quantitative estimate of drug-likeness (QED) is 0.429. The highest BCUT2D eigenvalue weighted by molar-refractivity contribution is 5.87. The Morgan fingerprint density at radius 3 is 2.38 bits per heavy atom. The molecule has 2 amide bonds. The van der Waals surface area contributed by atoms with Crippen LogP contribution in [-0.4, -0.2) is 23.0 Å². The monoisotopic (exact) mass is 354 g/mol. The van der Waals surface area contributed by atoms with Crippen molar-refractivity contribution in [3.63, 3.8) is 0 Å². The maximum Gasteiger partial charge on any atom is 0.278 e. The third-order valence-electron chi connectivity index (χ3n) is 3.44. The molecule has 8 nitrogen and oxygen atoms in total. The molecule has 0 aliphatic rings. The molecular weight excluding hydrogens is 336 g/mol. The summed E-state index contributed by atoms with van der Waals surface area (Å²) in [5.74, 6) is -0.693. The van der Waals surface area contributed by atoms with Crippen molar-refractivity contribution in [1.82, 2.24) is 10.7 Å². The van der Waals surface area contributed by atoms with Crippen LogP contribution in [0.1, 0.15) is 24.0 Å². The first-order chi connectivity index (χ1) is 12.6. The van der Waals surface area contributed by atoms with Crippen LogP contribution in [0.2, 0.25) is 0 Å². The summed E-state index contributed by atoms with van der Waals surface area (Å²) in [4.78, 5) is 33.8. The van der Waals surface area contributed by atoms with Crippen LogP contribution in [0, 0.1) is 10.1 Å². The topological polar surface area (TPSA) is 114 Å². The second kappa shape index (κ2) is 9.67. The van der Waals surface area contributed by atoms with Gasteiger partial charge in [-0.2, -0.15) is 5.10 Å².